The Morgan fingerprint density at radius 3 is 2.65 bits per heavy atom. The standard InChI is InChI=1S/C18H29NO/c1-4-10-19-16(12-17-9-6-11-20-17)13-18-14(2)7-5-8-15(18)3/h5,7-8,16-17,19H,4,6,9-13H2,1-3H3. The van der Waals surface area contributed by atoms with Crippen LogP contribution in [0.15, 0.2) is 18.2 Å². The zero-order valence-electron chi connectivity index (χ0n) is 13.2. The molecule has 1 heterocycles. The summed E-state index contributed by atoms with van der Waals surface area (Å²) in [6.07, 6.45) is 6.39. The Balaban J connectivity index is 2.01. The topological polar surface area (TPSA) is 21.3 Å². The normalized spacial score (nSPS) is 20.2. The predicted molar refractivity (Wildman–Crippen MR) is 85.3 cm³/mol. The molecule has 1 aliphatic heterocycles. The summed E-state index contributed by atoms with van der Waals surface area (Å²) in [7, 11) is 0. The third-order valence-corrected chi connectivity index (χ3v) is 4.35. The third kappa shape index (κ3) is 4.32. The van der Waals surface area contributed by atoms with E-state index in [1.807, 2.05) is 0 Å². The lowest BCUT2D eigenvalue weighted by Crippen LogP contribution is -2.35. The number of nitrogens with one attached hydrogen (secondary N) is 1. The number of hydrogen-bond acceptors (Lipinski definition) is 2. The molecule has 1 saturated heterocycles. The van der Waals surface area contributed by atoms with E-state index in [0.717, 1.165) is 26.0 Å². The van der Waals surface area contributed by atoms with Gasteiger partial charge in [0, 0.05) is 12.6 Å². The zero-order valence-corrected chi connectivity index (χ0v) is 13.2. The van der Waals surface area contributed by atoms with Crippen LogP contribution in [0.1, 0.15) is 49.3 Å². The molecule has 2 nitrogen and oxygen atoms in total. The molecule has 0 radical (unpaired) electrons. The second-order valence-electron chi connectivity index (χ2n) is 6.10. The third-order valence-electron chi connectivity index (χ3n) is 4.35. The minimum absolute atomic E-state index is 0.466. The molecule has 1 aromatic carbocycles. The number of ether oxygens (including phenoxy) is 1. The van der Waals surface area contributed by atoms with E-state index < -0.39 is 0 Å². The molecule has 2 rings (SSSR count). The van der Waals surface area contributed by atoms with Crippen molar-refractivity contribution in [3.8, 4) is 0 Å². The van der Waals surface area contributed by atoms with Crippen molar-refractivity contribution in [1.82, 2.24) is 5.32 Å². The molecule has 0 aromatic heterocycles. The number of benzene rings is 1. The summed E-state index contributed by atoms with van der Waals surface area (Å²) in [5, 5.41) is 3.72. The van der Waals surface area contributed by atoms with E-state index in [1.165, 1.54) is 36.0 Å². The fourth-order valence-corrected chi connectivity index (χ4v) is 3.15. The molecule has 0 spiro atoms. The molecule has 1 aliphatic rings. The number of rotatable bonds is 7. The van der Waals surface area contributed by atoms with Crippen molar-refractivity contribution in [3.63, 3.8) is 0 Å². The zero-order chi connectivity index (χ0) is 14.4. The average Bonchev–Trinajstić information content (AvgIpc) is 2.93. The first-order valence-corrected chi connectivity index (χ1v) is 8.10. The number of hydrogen-bond donors (Lipinski definition) is 1. The van der Waals surface area contributed by atoms with Crippen LogP contribution in [-0.2, 0) is 11.2 Å². The molecule has 1 N–H and O–H groups in total. The molecule has 0 aliphatic carbocycles. The lowest BCUT2D eigenvalue weighted by atomic mass is 9.93. The Hall–Kier alpha value is -0.860. The van der Waals surface area contributed by atoms with Crippen LogP contribution < -0.4 is 5.32 Å². The molecular weight excluding hydrogens is 246 g/mol. The largest absolute Gasteiger partial charge is 0.378 e. The van der Waals surface area contributed by atoms with Crippen LogP contribution in [0.4, 0.5) is 0 Å². The molecule has 1 fully saturated rings. The average molecular weight is 275 g/mol. The van der Waals surface area contributed by atoms with Gasteiger partial charge in [0.1, 0.15) is 0 Å². The molecule has 2 unspecified atom stereocenters. The first kappa shape index (κ1) is 15.5. The Bertz CT molecular complexity index is 390. The smallest absolute Gasteiger partial charge is 0.0590 e. The van der Waals surface area contributed by atoms with Crippen LogP contribution in [0.2, 0.25) is 0 Å². The Labute approximate surface area is 123 Å². The molecule has 0 amide bonds. The van der Waals surface area contributed by atoms with Gasteiger partial charge < -0.3 is 10.1 Å². The van der Waals surface area contributed by atoms with Gasteiger partial charge >= 0.3 is 0 Å². The van der Waals surface area contributed by atoms with Crippen LogP contribution in [0.5, 0.6) is 0 Å². The summed E-state index contributed by atoms with van der Waals surface area (Å²) >= 11 is 0. The van der Waals surface area contributed by atoms with Crippen molar-refractivity contribution in [3.05, 3.63) is 34.9 Å². The van der Waals surface area contributed by atoms with Crippen molar-refractivity contribution < 1.29 is 4.74 Å². The molecule has 0 saturated carbocycles. The van der Waals surface area contributed by atoms with Crippen molar-refractivity contribution >= 4 is 0 Å². The fraction of sp³-hybridized carbons (Fsp3) is 0.667. The highest BCUT2D eigenvalue weighted by molar-refractivity contribution is 5.34. The Morgan fingerprint density at radius 2 is 2.05 bits per heavy atom. The van der Waals surface area contributed by atoms with Crippen LogP contribution in [0, 0.1) is 13.8 Å². The van der Waals surface area contributed by atoms with Gasteiger partial charge in [-0.15, -0.1) is 0 Å². The maximum absolute atomic E-state index is 5.82. The highest BCUT2D eigenvalue weighted by Crippen LogP contribution is 2.21. The molecule has 112 valence electrons. The maximum Gasteiger partial charge on any atom is 0.0590 e. The van der Waals surface area contributed by atoms with Crippen LogP contribution in [0.25, 0.3) is 0 Å². The minimum atomic E-state index is 0.466. The van der Waals surface area contributed by atoms with E-state index in [9.17, 15) is 0 Å². The van der Waals surface area contributed by atoms with Crippen LogP contribution in [-0.4, -0.2) is 25.3 Å². The van der Waals surface area contributed by atoms with E-state index in [1.54, 1.807) is 0 Å². The highest BCUT2D eigenvalue weighted by Gasteiger charge is 2.21. The van der Waals surface area contributed by atoms with Crippen molar-refractivity contribution in [1.29, 1.82) is 0 Å². The van der Waals surface area contributed by atoms with Gasteiger partial charge in [-0.2, -0.15) is 0 Å². The van der Waals surface area contributed by atoms with Gasteiger partial charge in [-0.05, 0) is 69.2 Å². The quantitative estimate of drug-likeness (QED) is 0.817. The van der Waals surface area contributed by atoms with Crippen molar-refractivity contribution in [2.24, 2.45) is 0 Å². The van der Waals surface area contributed by atoms with Gasteiger partial charge in [0.15, 0.2) is 0 Å². The fourth-order valence-electron chi connectivity index (χ4n) is 3.15. The summed E-state index contributed by atoms with van der Waals surface area (Å²) < 4.78 is 5.82. The molecule has 0 bridgehead atoms. The molecular formula is C18H29NO. The van der Waals surface area contributed by atoms with Gasteiger partial charge in [-0.25, -0.2) is 0 Å². The number of aryl methyl sites for hydroxylation is 2. The Kier molecular flexibility index (Phi) is 6.06. The van der Waals surface area contributed by atoms with Gasteiger partial charge in [-0.1, -0.05) is 25.1 Å². The predicted octanol–water partition coefficient (Wildman–Crippen LogP) is 3.78. The molecule has 2 heteroatoms. The van der Waals surface area contributed by atoms with Gasteiger partial charge in [0.2, 0.25) is 0 Å². The summed E-state index contributed by atoms with van der Waals surface area (Å²) in [5.74, 6) is 0. The minimum Gasteiger partial charge on any atom is -0.378 e. The second-order valence-corrected chi connectivity index (χ2v) is 6.10. The highest BCUT2D eigenvalue weighted by atomic mass is 16.5. The van der Waals surface area contributed by atoms with Crippen molar-refractivity contribution in [2.45, 2.75) is 65.0 Å². The second kappa shape index (κ2) is 7.80. The van der Waals surface area contributed by atoms with E-state index in [4.69, 9.17) is 4.74 Å². The SMILES string of the molecule is CCCNC(Cc1c(C)cccc1C)CC1CCCO1. The van der Waals surface area contributed by atoms with E-state index in [0.29, 0.717) is 12.1 Å². The lowest BCUT2D eigenvalue weighted by Gasteiger charge is -2.23. The van der Waals surface area contributed by atoms with E-state index >= 15 is 0 Å². The molecule has 1 aromatic rings. The molecule has 20 heavy (non-hydrogen) atoms. The van der Waals surface area contributed by atoms with Crippen molar-refractivity contribution in [2.75, 3.05) is 13.2 Å². The van der Waals surface area contributed by atoms with E-state index in [-0.39, 0.29) is 0 Å². The monoisotopic (exact) mass is 275 g/mol. The van der Waals surface area contributed by atoms with Crippen LogP contribution in [0.3, 0.4) is 0 Å². The van der Waals surface area contributed by atoms with Gasteiger partial charge in [0.25, 0.3) is 0 Å². The summed E-state index contributed by atoms with van der Waals surface area (Å²) in [6, 6.07) is 7.15. The van der Waals surface area contributed by atoms with Gasteiger partial charge in [-0.3, -0.25) is 0 Å². The Morgan fingerprint density at radius 1 is 1.30 bits per heavy atom. The lowest BCUT2D eigenvalue weighted by molar-refractivity contribution is 0.0945. The summed E-state index contributed by atoms with van der Waals surface area (Å²) in [4.78, 5) is 0. The van der Waals surface area contributed by atoms with Gasteiger partial charge in [0.05, 0.1) is 6.10 Å². The molecule has 2 atom stereocenters. The van der Waals surface area contributed by atoms with Crippen LogP contribution >= 0.6 is 0 Å². The first-order valence-electron chi connectivity index (χ1n) is 8.10. The van der Waals surface area contributed by atoms with E-state index in [2.05, 4.69) is 44.3 Å². The maximum atomic E-state index is 5.82. The summed E-state index contributed by atoms with van der Waals surface area (Å²) in [5.41, 5.74) is 4.35. The first-order chi connectivity index (χ1) is 9.70. The summed E-state index contributed by atoms with van der Waals surface area (Å²) in [6.45, 7) is 8.74.